The van der Waals surface area contributed by atoms with E-state index < -0.39 is 6.10 Å². The van der Waals surface area contributed by atoms with Crippen LogP contribution in [0.2, 0.25) is 0 Å². The monoisotopic (exact) mass is 390 g/mol. The molecule has 150 valence electrons. The van der Waals surface area contributed by atoms with E-state index in [4.69, 9.17) is 4.74 Å². The van der Waals surface area contributed by atoms with Crippen LogP contribution in [0.25, 0.3) is 11.4 Å². The molecule has 6 nitrogen and oxygen atoms in total. The number of carbonyl (C=O) groups excluding carboxylic acids is 1. The van der Waals surface area contributed by atoms with Crippen LogP contribution < -0.4 is 10.1 Å². The minimum atomic E-state index is -0.594. The summed E-state index contributed by atoms with van der Waals surface area (Å²) in [5, 5.41) is 11.7. The molecule has 0 unspecified atom stereocenters. The molecular weight excluding hydrogens is 364 g/mol. The molecule has 4 rings (SSSR count). The fourth-order valence-corrected chi connectivity index (χ4v) is 3.59. The van der Waals surface area contributed by atoms with Gasteiger partial charge in [0.2, 0.25) is 0 Å². The number of nitrogens with zero attached hydrogens (tertiary/aromatic N) is 3. The molecule has 2 heterocycles. The highest BCUT2D eigenvalue weighted by Crippen LogP contribution is 2.24. The lowest BCUT2D eigenvalue weighted by molar-refractivity contribution is -0.122. The zero-order valence-electron chi connectivity index (χ0n) is 16.9. The molecule has 0 fully saturated rings. The first-order valence-corrected chi connectivity index (χ1v) is 10.2. The van der Waals surface area contributed by atoms with Gasteiger partial charge in [-0.1, -0.05) is 18.6 Å². The average molecular weight is 390 g/mol. The van der Waals surface area contributed by atoms with Crippen LogP contribution in [0.15, 0.2) is 48.5 Å². The number of hydrogen-bond acceptors (Lipinski definition) is 4. The number of carbonyl (C=O) groups is 1. The van der Waals surface area contributed by atoms with E-state index in [-0.39, 0.29) is 5.91 Å². The van der Waals surface area contributed by atoms with Crippen molar-refractivity contribution in [2.75, 3.05) is 5.32 Å². The number of rotatable bonds is 5. The van der Waals surface area contributed by atoms with E-state index in [0.717, 1.165) is 47.8 Å². The predicted molar refractivity (Wildman–Crippen MR) is 113 cm³/mol. The van der Waals surface area contributed by atoms with E-state index in [1.165, 1.54) is 12.8 Å². The van der Waals surface area contributed by atoms with Crippen molar-refractivity contribution < 1.29 is 9.53 Å². The molecule has 0 saturated heterocycles. The van der Waals surface area contributed by atoms with E-state index in [9.17, 15) is 4.79 Å². The Morgan fingerprint density at radius 2 is 1.93 bits per heavy atom. The van der Waals surface area contributed by atoms with Crippen molar-refractivity contribution in [1.29, 1.82) is 0 Å². The van der Waals surface area contributed by atoms with Crippen LogP contribution in [0.4, 0.5) is 5.69 Å². The first-order valence-electron chi connectivity index (χ1n) is 10.2. The Morgan fingerprint density at radius 3 is 2.72 bits per heavy atom. The standard InChI is InChI=1S/C23H26N4O2/c1-16-7-6-8-20(15-16)29-17(2)23(28)24-19-12-10-18(11-13-19)22-26-25-21-9-4-3-5-14-27(21)22/h6-8,10-13,15,17H,3-5,9,14H2,1-2H3,(H,24,28)/t17-/m1/s1. The van der Waals surface area contributed by atoms with E-state index >= 15 is 0 Å². The highest BCUT2D eigenvalue weighted by atomic mass is 16.5. The molecule has 1 atom stereocenters. The molecule has 29 heavy (non-hydrogen) atoms. The van der Waals surface area contributed by atoms with Crippen LogP contribution in [0.5, 0.6) is 5.75 Å². The van der Waals surface area contributed by atoms with Gasteiger partial charge in [-0.05, 0) is 68.7 Å². The number of amides is 1. The van der Waals surface area contributed by atoms with E-state index in [2.05, 4.69) is 20.1 Å². The van der Waals surface area contributed by atoms with Crippen LogP contribution in [-0.4, -0.2) is 26.8 Å². The number of anilines is 1. The van der Waals surface area contributed by atoms with E-state index in [1.807, 2.05) is 55.5 Å². The van der Waals surface area contributed by atoms with Crippen molar-refractivity contribution in [2.45, 2.75) is 52.2 Å². The lowest BCUT2D eigenvalue weighted by Gasteiger charge is -2.15. The molecule has 1 aromatic heterocycles. The SMILES string of the molecule is Cc1cccc(O[C@H](C)C(=O)Nc2ccc(-c3nnc4n3CCCCC4)cc2)c1. The minimum Gasteiger partial charge on any atom is -0.481 e. The summed E-state index contributed by atoms with van der Waals surface area (Å²) >= 11 is 0. The normalized spacial score (nSPS) is 14.6. The molecule has 0 radical (unpaired) electrons. The van der Waals surface area contributed by atoms with Crippen molar-refractivity contribution >= 4 is 11.6 Å². The second kappa shape index (κ2) is 8.47. The van der Waals surface area contributed by atoms with Gasteiger partial charge in [0.15, 0.2) is 11.9 Å². The van der Waals surface area contributed by atoms with Gasteiger partial charge in [0.1, 0.15) is 11.6 Å². The fourth-order valence-electron chi connectivity index (χ4n) is 3.59. The predicted octanol–water partition coefficient (Wildman–Crippen LogP) is 4.39. The van der Waals surface area contributed by atoms with E-state index in [0.29, 0.717) is 5.75 Å². The lowest BCUT2D eigenvalue weighted by Crippen LogP contribution is -2.30. The number of nitrogens with one attached hydrogen (secondary N) is 1. The van der Waals surface area contributed by atoms with Gasteiger partial charge >= 0.3 is 0 Å². The summed E-state index contributed by atoms with van der Waals surface area (Å²) in [7, 11) is 0. The maximum Gasteiger partial charge on any atom is 0.265 e. The van der Waals surface area contributed by atoms with Crippen LogP contribution in [-0.2, 0) is 17.8 Å². The fraction of sp³-hybridized carbons (Fsp3) is 0.348. The Balaban J connectivity index is 1.42. The summed E-state index contributed by atoms with van der Waals surface area (Å²) in [6, 6.07) is 15.4. The Hall–Kier alpha value is -3.15. The first kappa shape index (κ1) is 19.2. The first-order chi connectivity index (χ1) is 14.1. The van der Waals surface area contributed by atoms with Crippen LogP contribution >= 0.6 is 0 Å². The molecule has 2 aromatic carbocycles. The van der Waals surface area contributed by atoms with Crippen molar-refractivity contribution in [1.82, 2.24) is 14.8 Å². The highest BCUT2D eigenvalue weighted by Gasteiger charge is 2.17. The second-order valence-corrected chi connectivity index (χ2v) is 7.55. The molecule has 1 aliphatic rings. The number of aromatic nitrogens is 3. The quantitative estimate of drug-likeness (QED) is 0.702. The molecule has 0 saturated carbocycles. The van der Waals surface area contributed by atoms with Gasteiger partial charge in [-0.15, -0.1) is 10.2 Å². The number of hydrogen-bond donors (Lipinski definition) is 1. The zero-order valence-corrected chi connectivity index (χ0v) is 16.9. The molecule has 1 N–H and O–H groups in total. The Kier molecular flexibility index (Phi) is 5.60. The molecule has 0 bridgehead atoms. The van der Waals surface area contributed by atoms with Gasteiger partial charge in [0, 0.05) is 24.2 Å². The lowest BCUT2D eigenvalue weighted by atomic mass is 10.2. The van der Waals surface area contributed by atoms with Gasteiger partial charge in [-0.2, -0.15) is 0 Å². The van der Waals surface area contributed by atoms with Gasteiger partial charge in [-0.25, -0.2) is 0 Å². The number of aryl methyl sites for hydroxylation is 2. The Morgan fingerprint density at radius 1 is 1.10 bits per heavy atom. The maximum absolute atomic E-state index is 12.5. The number of fused-ring (bicyclic) bond motifs is 1. The average Bonchev–Trinajstić information content (AvgIpc) is 2.96. The highest BCUT2D eigenvalue weighted by molar-refractivity contribution is 5.94. The summed E-state index contributed by atoms with van der Waals surface area (Å²) in [4.78, 5) is 12.5. The van der Waals surface area contributed by atoms with Crippen molar-refractivity contribution in [3.05, 3.63) is 59.9 Å². The van der Waals surface area contributed by atoms with Crippen molar-refractivity contribution in [3.63, 3.8) is 0 Å². The summed E-state index contributed by atoms with van der Waals surface area (Å²) < 4.78 is 7.97. The summed E-state index contributed by atoms with van der Waals surface area (Å²) in [5.41, 5.74) is 2.83. The summed E-state index contributed by atoms with van der Waals surface area (Å²) in [6.07, 6.45) is 3.96. The third-order valence-electron chi connectivity index (χ3n) is 5.19. The minimum absolute atomic E-state index is 0.185. The van der Waals surface area contributed by atoms with Crippen molar-refractivity contribution in [3.8, 4) is 17.1 Å². The molecule has 1 aliphatic heterocycles. The molecule has 0 aliphatic carbocycles. The topological polar surface area (TPSA) is 69.0 Å². The van der Waals surface area contributed by atoms with Gasteiger partial charge < -0.3 is 14.6 Å². The summed E-state index contributed by atoms with van der Waals surface area (Å²) in [6.45, 7) is 4.70. The molecule has 0 spiro atoms. The third kappa shape index (κ3) is 4.47. The number of benzene rings is 2. The van der Waals surface area contributed by atoms with Crippen LogP contribution in [0, 0.1) is 6.92 Å². The smallest absolute Gasteiger partial charge is 0.265 e. The van der Waals surface area contributed by atoms with Crippen LogP contribution in [0.3, 0.4) is 0 Å². The Bertz CT molecular complexity index is 994. The van der Waals surface area contributed by atoms with Crippen molar-refractivity contribution in [2.24, 2.45) is 0 Å². The van der Waals surface area contributed by atoms with Gasteiger partial charge in [0.25, 0.3) is 5.91 Å². The summed E-state index contributed by atoms with van der Waals surface area (Å²) in [5.74, 6) is 2.47. The molecular formula is C23H26N4O2. The largest absolute Gasteiger partial charge is 0.481 e. The second-order valence-electron chi connectivity index (χ2n) is 7.55. The molecule has 6 heteroatoms. The molecule has 3 aromatic rings. The third-order valence-corrected chi connectivity index (χ3v) is 5.19. The Labute approximate surface area is 170 Å². The molecule has 1 amide bonds. The van der Waals surface area contributed by atoms with Crippen LogP contribution in [0.1, 0.15) is 37.6 Å². The van der Waals surface area contributed by atoms with Gasteiger partial charge in [0.05, 0.1) is 0 Å². The number of ether oxygens (including phenoxy) is 1. The van der Waals surface area contributed by atoms with E-state index in [1.54, 1.807) is 6.92 Å². The zero-order chi connectivity index (χ0) is 20.2. The van der Waals surface area contributed by atoms with Gasteiger partial charge in [-0.3, -0.25) is 4.79 Å². The maximum atomic E-state index is 12.5.